The Morgan fingerprint density at radius 2 is 1.56 bits per heavy atom. The summed E-state index contributed by atoms with van der Waals surface area (Å²) < 4.78 is 2.39. The number of carbonyl (C=O) groups is 1. The van der Waals surface area contributed by atoms with E-state index in [1.165, 1.54) is 50.1 Å². The maximum absolute atomic E-state index is 11.7. The van der Waals surface area contributed by atoms with Gasteiger partial charge in [-0.1, -0.05) is 118 Å². The van der Waals surface area contributed by atoms with Gasteiger partial charge in [0.2, 0.25) is 0 Å². The van der Waals surface area contributed by atoms with Gasteiger partial charge >= 0.3 is 0 Å². The Balaban J connectivity index is 0.000000261. The molecule has 0 fully saturated rings. The molecule has 3 heterocycles. The molecule has 0 unspecified atom stereocenters. The van der Waals surface area contributed by atoms with Crippen LogP contribution in [0.15, 0.2) is 91.0 Å². The Labute approximate surface area is 311 Å². The van der Waals surface area contributed by atoms with Gasteiger partial charge in [-0.2, -0.15) is 0 Å². The van der Waals surface area contributed by atoms with Crippen LogP contribution < -0.4 is 0 Å². The molecule has 7 rings (SSSR count). The number of benzene rings is 4. The second kappa shape index (κ2) is 15.5. The van der Waals surface area contributed by atoms with Gasteiger partial charge in [0.25, 0.3) is 0 Å². The van der Waals surface area contributed by atoms with Crippen molar-refractivity contribution in [2.45, 2.75) is 79.1 Å². The van der Waals surface area contributed by atoms with Crippen molar-refractivity contribution >= 4 is 46.6 Å². The molecule has 0 atom stereocenters. The molecule has 1 N–H and O–H groups in total. The fraction of sp³-hybridized carbons (Fsp3) is 0.326. The number of hydrogen-bond acceptors (Lipinski definition) is 4. The molecule has 1 radical (unpaired) electrons. The van der Waals surface area contributed by atoms with E-state index in [0.29, 0.717) is 0 Å². The van der Waals surface area contributed by atoms with Gasteiger partial charge in [-0.25, -0.2) is 4.98 Å². The first-order chi connectivity index (χ1) is 23.6. The van der Waals surface area contributed by atoms with Crippen LogP contribution in [0.4, 0.5) is 0 Å². The van der Waals surface area contributed by atoms with Crippen molar-refractivity contribution in [1.29, 1.82) is 0 Å². The number of aliphatic hydroxyl groups is 1. The van der Waals surface area contributed by atoms with Crippen LogP contribution in [-0.2, 0) is 30.9 Å². The molecule has 6 aromatic rings. The fourth-order valence-electron chi connectivity index (χ4n) is 7.36. The average molecular weight is 859 g/mol. The summed E-state index contributed by atoms with van der Waals surface area (Å²) in [6.07, 6.45) is 6.61. The molecule has 0 aliphatic carbocycles. The molecular formula is C43H48IrN3O2Si-. The van der Waals surface area contributed by atoms with E-state index in [1.54, 1.807) is 6.33 Å². The first kappa shape index (κ1) is 37.4. The summed E-state index contributed by atoms with van der Waals surface area (Å²) in [6.45, 7) is 15.4. The Morgan fingerprint density at radius 1 is 0.880 bits per heavy atom. The number of carbonyl (C=O) groups excluding carboxylic acids is 1. The van der Waals surface area contributed by atoms with Gasteiger partial charge in [-0.3, -0.25) is 9.78 Å². The zero-order chi connectivity index (χ0) is 34.9. The monoisotopic (exact) mass is 859 g/mol. The van der Waals surface area contributed by atoms with Crippen LogP contribution in [-0.4, -0.2) is 33.5 Å². The molecule has 0 saturated carbocycles. The molecule has 2 aromatic heterocycles. The van der Waals surface area contributed by atoms with Crippen molar-refractivity contribution in [3.63, 3.8) is 0 Å². The number of rotatable bonds is 9. The second-order valence-electron chi connectivity index (χ2n) is 14.5. The summed E-state index contributed by atoms with van der Waals surface area (Å²) in [6, 6.07) is 31.1. The van der Waals surface area contributed by atoms with Gasteiger partial charge in [0.05, 0.1) is 22.3 Å². The largest absolute Gasteiger partial charge is 0.512 e. The van der Waals surface area contributed by atoms with E-state index < -0.39 is 8.07 Å². The van der Waals surface area contributed by atoms with Gasteiger partial charge in [-0.05, 0) is 55.0 Å². The van der Waals surface area contributed by atoms with Gasteiger partial charge in [-0.15, -0.1) is 17.7 Å². The number of aliphatic hydroxyl groups excluding tert-OH is 1. The zero-order valence-electron chi connectivity index (χ0n) is 30.3. The quantitative estimate of drug-likeness (QED) is 0.0680. The van der Waals surface area contributed by atoms with Crippen molar-refractivity contribution in [1.82, 2.24) is 14.5 Å². The van der Waals surface area contributed by atoms with Crippen LogP contribution in [0.25, 0.3) is 60.8 Å². The van der Waals surface area contributed by atoms with Crippen molar-refractivity contribution in [3.8, 4) is 28.1 Å². The van der Waals surface area contributed by atoms with E-state index in [4.69, 9.17) is 9.97 Å². The van der Waals surface area contributed by atoms with E-state index in [-0.39, 0.29) is 43.5 Å². The summed E-state index contributed by atoms with van der Waals surface area (Å²) >= 11 is 0. The molecule has 0 saturated heterocycles. The SMILES string of the molecule is CCC(CC)C(=O)/C=C(\O)C(CC)CC.C[Si](C)(C)Cc1ccc2c3ncnc4c3n(c2c1)-c1ccccc1-c1c-4[c-]cc2ccccc12.[Ir]. The van der Waals surface area contributed by atoms with E-state index in [1.807, 2.05) is 27.7 Å². The minimum Gasteiger partial charge on any atom is -0.512 e. The summed E-state index contributed by atoms with van der Waals surface area (Å²) in [5.74, 6) is 0.547. The smallest absolute Gasteiger partial charge is 0.162 e. The molecule has 1 aliphatic heterocycles. The van der Waals surface area contributed by atoms with E-state index in [9.17, 15) is 9.90 Å². The Kier molecular flexibility index (Phi) is 11.6. The molecule has 4 aromatic carbocycles. The minimum absolute atomic E-state index is 0. The molecule has 5 nitrogen and oxygen atoms in total. The number of hydrogen-bond donors (Lipinski definition) is 1. The normalized spacial score (nSPS) is 12.4. The van der Waals surface area contributed by atoms with Crippen LogP contribution >= 0.6 is 0 Å². The summed E-state index contributed by atoms with van der Waals surface area (Å²) in [5.41, 5.74) is 10.2. The first-order valence-corrected chi connectivity index (χ1v) is 21.6. The van der Waals surface area contributed by atoms with Gasteiger partial charge < -0.3 is 9.67 Å². The Hall–Kier alpha value is -3.90. The van der Waals surface area contributed by atoms with Crippen LogP contribution in [0.1, 0.15) is 58.9 Å². The molecule has 0 bridgehead atoms. The Morgan fingerprint density at radius 3 is 2.26 bits per heavy atom. The zero-order valence-corrected chi connectivity index (χ0v) is 33.7. The first-order valence-electron chi connectivity index (χ1n) is 17.9. The van der Waals surface area contributed by atoms with Crippen LogP contribution in [0.3, 0.4) is 0 Å². The standard InChI is InChI=1S/C30H24N3Si.C13H24O2.Ir/c1-34(2,3)17-19-12-14-23-26(16-19)33-25-11-7-6-10-22(25)27-21-9-5-4-8-20(21)13-15-24(27)29-30(33)28(23)31-18-32-29;1-5-10(6-2)12(14)9-13(15)11(7-3)8-4;/h4-14,16,18H,17H2,1-3H3;9-11,14H,5-8H2,1-4H3;/q-1;;/b;12-9-;. The third-order valence-electron chi connectivity index (χ3n) is 9.92. The van der Waals surface area contributed by atoms with Crippen molar-refractivity contribution in [2.24, 2.45) is 11.8 Å². The van der Waals surface area contributed by atoms with Gasteiger partial charge in [0.15, 0.2) is 5.78 Å². The topological polar surface area (TPSA) is 68.0 Å². The number of allylic oxidation sites excluding steroid dienone is 2. The number of aromatic nitrogens is 3. The predicted molar refractivity (Wildman–Crippen MR) is 208 cm³/mol. The van der Waals surface area contributed by atoms with E-state index in [2.05, 4.69) is 103 Å². The third kappa shape index (κ3) is 7.14. The number of para-hydroxylation sites is 1. The number of fused-ring (bicyclic) bond motifs is 10. The number of ketones is 1. The van der Waals surface area contributed by atoms with Crippen molar-refractivity contribution in [3.05, 3.63) is 103 Å². The predicted octanol–water partition coefficient (Wildman–Crippen LogP) is 11.5. The molecule has 261 valence electrons. The van der Waals surface area contributed by atoms with Crippen LogP contribution in [0.2, 0.25) is 19.6 Å². The van der Waals surface area contributed by atoms with Gasteiger partial charge in [0.1, 0.15) is 6.33 Å². The van der Waals surface area contributed by atoms with Gasteiger partial charge in [0, 0.05) is 62.9 Å². The van der Waals surface area contributed by atoms with Crippen LogP contribution in [0.5, 0.6) is 0 Å². The molecule has 0 spiro atoms. The third-order valence-corrected chi connectivity index (χ3v) is 11.4. The summed E-state index contributed by atoms with van der Waals surface area (Å²) in [7, 11) is -1.26. The molecular weight excluding hydrogens is 811 g/mol. The summed E-state index contributed by atoms with van der Waals surface area (Å²) in [4.78, 5) is 21.4. The second-order valence-corrected chi connectivity index (χ2v) is 20.0. The summed E-state index contributed by atoms with van der Waals surface area (Å²) in [5, 5.41) is 13.4. The molecule has 1 aliphatic rings. The molecule has 0 amide bonds. The van der Waals surface area contributed by atoms with Crippen molar-refractivity contribution in [2.75, 3.05) is 0 Å². The van der Waals surface area contributed by atoms with E-state index in [0.717, 1.165) is 54.0 Å². The van der Waals surface area contributed by atoms with E-state index >= 15 is 0 Å². The average Bonchev–Trinajstić information content (AvgIpc) is 3.35. The maximum atomic E-state index is 11.7. The molecule has 50 heavy (non-hydrogen) atoms. The van der Waals surface area contributed by atoms with Crippen molar-refractivity contribution < 1.29 is 30.0 Å². The molecule has 7 heteroatoms. The number of nitrogens with zero attached hydrogens (tertiary/aromatic N) is 3. The fourth-order valence-corrected chi connectivity index (χ4v) is 8.80. The maximum Gasteiger partial charge on any atom is 0.162 e. The minimum atomic E-state index is -1.26. The Bertz CT molecular complexity index is 2190. The van der Waals surface area contributed by atoms with Crippen LogP contribution in [0, 0.1) is 17.9 Å².